The molecule has 0 radical (unpaired) electrons. The topological polar surface area (TPSA) is 134 Å². The molecule has 8 nitrogen and oxygen atoms in total. The summed E-state index contributed by atoms with van der Waals surface area (Å²) in [7, 11) is 1.19. The van der Waals surface area contributed by atoms with Gasteiger partial charge >= 0.3 is 11.9 Å². The van der Waals surface area contributed by atoms with Crippen LogP contribution in [-0.2, 0) is 19.1 Å². The molecular formula is C12H22O8. The average molecular weight is 294 g/mol. The monoisotopic (exact) mass is 294 g/mol. The van der Waals surface area contributed by atoms with Gasteiger partial charge in [-0.3, -0.25) is 9.59 Å². The first-order chi connectivity index (χ1) is 9.33. The van der Waals surface area contributed by atoms with Gasteiger partial charge in [-0.2, -0.15) is 0 Å². The molecule has 0 rings (SSSR count). The molecule has 4 N–H and O–H groups in total. The summed E-state index contributed by atoms with van der Waals surface area (Å²) < 4.78 is 8.97. The molecule has 0 spiro atoms. The van der Waals surface area contributed by atoms with Crippen LogP contribution in [0, 0.1) is 0 Å². The quantitative estimate of drug-likeness (QED) is 0.371. The first kappa shape index (κ1) is 18.8. The molecule has 0 aromatic carbocycles. The van der Waals surface area contributed by atoms with Gasteiger partial charge in [0.15, 0.2) is 0 Å². The number of methoxy groups -OCH3 is 1. The summed E-state index contributed by atoms with van der Waals surface area (Å²) in [6, 6.07) is 0. The van der Waals surface area contributed by atoms with Crippen LogP contribution in [0.2, 0.25) is 0 Å². The number of aliphatic hydroxyl groups excluding tert-OH is 4. The van der Waals surface area contributed by atoms with Gasteiger partial charge < -0.3 is 29.9 Å². The van der Waals surface area contributed by atoms with Crippen molar-refractivity contribution >= 4 is 11.9 Å². The van der Waals surface area contributed by atoms with Gasteiger partial charge in [-0.05, 0) is 6.42 Å². The number of hydrogen-bond donors (Lipinski definition) is 4. The van der Waals surface area contributed by atoms with E-state index in [0.717, 1.165) is 0 Å². The second kappa shape index (κ2) is 9.65. The van der Waals surface area contributed by atoms with Crippen molar-refractivity contribution in [2.75, 3.05) is 13.7 Å². The Morgan fingerprint density at radius 1 is 0.950 bits per heavy atom. The second-order valence-electron chi connectivity index (χ2n) is 4.28. The minimum atomic E-state index is -1.64. The molecule has 0 bridgehead atoms. The number of carbonyl (C=O) groups is 2. The molecule has 0 fully saturated rings. The Hall–Kier alpha value is -1.22. The first-order valence-electron chi connectivity index (χ1n) is 6.28. The first-order valence-corrected chi connectivity index (χ1v) is 6.28. The van der Waals surface area contributed by atoms with Crippen LogP contribution in [0.3, 0.4) is 0 Å². The molecule has 0 aromatic rings. The van der Waals surface area contributed by atoms with Crippen molar-refractivity contribution in [1.29, 1.82) is 0 Å². The van der Waals surface area contributed by atoms with Crippen LogP contribution in [0.4, 0.5) is 0 Å². The maximum absolute atomic E-state index is 11.2. The third kappa shape index (κ3) is 6.80. The lowest BCUT2D eigenvalue weighted by Gasteiger charge is -2.25. The zero-order chi connectivity index (χ0) is 15.7. The number of rotatable bonds is 9. The molecule has 4 atom stereocenters. The van der Waals surface area contributed by atoms with Crippen LogP contribution in [0.5, 0.6) is 0 Å². The second-order valence-corrected chi connectivity index (χ2v) is 4.28. The van der Waals surface area contributed by atoms with Crippen molar-refractivity contribution in [3.63, 3.8) is 0 Å². The molecule has 20 heavy (non-hydrogen) atoms. The van der Waals surface area contributed by atoms with E-state index in [1.54, 1.807) is 6.92 Å². The fraction of sp³-hybridized carbons (Fsp3) is 0.833. The van der Waals surface area contributed by atoms with Crippen molar-refractivity contribution in [2.45, 2.75) is 50.6 Å². The van der Waals surface area contributed by atoms with Gasteiger partial charge in [-0.15, -0.1) is 0 Å². The van der Waals surface area contributed by atoms with Crippen LogP contribution in [0.15, 0.2) is 0 Å². The van der Waals surface area contributed by atoms with Gasteiger partial charge in [0.25, 0.3) is 0 Å². The molecule has 4 unspecified atom stereocenters. The zero-order valence-electron chi connectivity index (χ0n) is 11.6. The molecule has 0 amide bonds. The summed E-state index contributed by atoms with van der Waals surface area (Å²) in [6.07, 6.45) is -6.06. The van der Waals surface area contributed by atoms with Gasteiger partial charge in [-0.25, -0.2) is 0 Å². The normalized spacial score (nSPS) is 16.9. The zero-order valence-corrected chi connectivity index (χ0v) is 11.6. The van der Waals surface area contributed by atoms with E-state index in [9.17, 15) is 30.0 Å². The Balaban J connectivity index is 4.05. The summed E-state index contributed by atoms with van der Waals surface area (Å²) in [5.74, 6) is -1.31. The summed E-state index contributed by atoms with van der Waals surface area (Å²) >= 11 is 0. The highest BCUT2D eigenvalue weighted by molar-refractivity contribution is 5.77. The van der Waals surface area contributed by atoms with E-state index in [1.807, 2.05) is 0 Å². The van der Waals surface area contributed by atoms with E-state index in [4.69, 9.17) is 0 Å². The van der Waals surface area contributed by atoms with E-state index >= 15 is 0 Å². The molecule has 0 saturated carbocycles. The number of hydrogen-bond acceptors (Lipinski definition) is 8. The number of aliphatic hydroxyl groups is 4. The third-order valence-corrected chi connectivity index (χ3v) is 2.73. The van der Waals surface area contributed by atoms with E-state index < -0.39 is 43.0 Å². The summed E-state index contributed by atoms with van der Waals surface area (Å²) in [5, 5.41) is 37.8. The number of esters is 2. The fourth-order valence-electron chi connectivity index (χ4n) is 1.35. The predicted octanol–water partition coefficient (Wildman–Crippen LogP) is -1.66. The number of ether oxygens (including phenoxy) is 2. The lowest BCUT2D eigenvalue weighted by Crippen LogP contribution is -2.46. The molecule has 0 aliphatic carbocycles. The van der Waals surface area contributed by atoms with Crippen LogP contribution in [0.1, 0.15) is 26.2 Å². The maximum atomic E-state index is 11.2. The van der Waals surface area contributed by atoms with Gasteiger partial charge in [-0.1, -0.05) is 6.92 Å². The Bertz CT molecular complexity index is 306. The van der Waals surface area contributed by atoms with Crippen molar-refractivity contribution in [3.8, 4) is 0 Å². The summed E-state index contributed by atoms with van der Waals surface area (Å²) in [5.41, 5.74) is 0. The van der Waals surface area contributed by atoms with E-state index in [2.05, 4.69) is 9.47 Å². The Kier molecular flexibility index (Phi) is 9.06. The fourth-order valence-corrected chi connectivity index (χ4v) is 1.35. The van der Waals surface area contributed by atoms with Crippen molar-refractivity contribution < 1.29 is 39.5 Å². The standard InChI is InChI=1S/C12H22O8/c1-3-7(13)11(17)12(18)8(14)6-20-10(16)5-4-9(15)19-2/h7-8,11-14,17-18H,3-6H2,1-2H3. The SMILES string of the molecule is CCC(O)C(O)C(O)C(O)COC(=O)CCC(=O)OC. The molecule has 0 aliphatic heterocycles. The van der Waals surface area contributed by atoms with Crippen LogP contribution >= 0.6 is 0 Å². The minimum Gasteiger partial charge on any atom is -0.469 e. The van der Waals surface area contributed by atoms with Gasteiger partial charge in [0.2, 0.25) is 0 Å². The minimum absolute atomic E-state index is 0.148. The lowest BCUT2D eigenvalue weighted by atomic mass is 10.0. The van der Waals surface area contributed by atoms with Gasteiger partial charge in [0.1, 0.15) is 24.9 Å². The Morgan fingerprint density at radius 3 is 1.95 bits per heavy atom. The molecule has 0 aliphatic rings. The van der Waals surface area contributed by atoms with Gasteiger partial charge in [0.05, 0.1) is 26.1 Å². The molecule has 8 heteroatoms. The van der Waals surface area contributed by atoms with E-state index in [-0.39, 0.29) is 19.3 Å². The summed E-state index contributed by atoms with van der Waals surface area (Å²) in [4.78, 5) is 22.0. The molecule has 0 aromatic heterocycles. The Labute approximate surface area is 116 Å². The third-order valence-electron chi connectivity index (χ3n) is 2.73. The van der Waals surface area contributed by atoms with Crippen molar-refractivity contribution in [3.05, 3.63) is 0 Å². The average Bonchev–Trinajstić information content (AvgIpc) is 2.47. The lowest BCUT2D eigenvalue weighted by molar-refractivity contribution is -0.157. The Morgan fingerprint density at radius 2 is 1.45 bits per heavy atom. The van der Waals surface area contributed by atoms with Crippen LogP contribution < -0.4 is 0 Å². The molecule has 0 saturated heterocycles. The van der Waals surface area contributed by atoms with Gasteiger partial charge in [0, 0.05) is 0 Å². The highest BCUT2D eigenvalue weighted by atomic mass is 16.5. The van der Waals surface area contributed by atoms with E-state index in [0.29, 0.717) is 0 Å². The predicted molar refractivity (Wildman–Crippen MR) is 66.5 cm³/mol. The van der Waals surface area contributed by atoms with Crippen LogP contribution in [-0.4, -0.2) is 70.5 Å². The molecular weight excluding hydrogens is 272 g/mol. The van der Waals surface area contributed by atoms with Crippen molar-refractivity contribution in [2.24, 2.45) is 0 Å². The highest BCUT2D eigenvalue weighted by Gasteiger charge is 2.30. The molecule has 0 heterocycles. The largest absolute Gasteiger partial charge is 0.469 e. The van der Waals surface area contributed by atoms with Crippen molar-refractivity contribution in [1.82, 2.24) is 0 Å². The van der Waals surface area contributed by atoms with E-state index in [1.165, 1.54) is 7.11 Å². The molecule has 118 valence electrons. The highest BCUT2D eigenvalue weighted by Crippen LogP contribution is 2.08. The van der Waals surface area contributed by atoms with Crippen LogP contribution in [0.25, 0.3) is 0 Å². The maximum Gasteiger partial charge on any atom is 0.306 e. The number of carbonyl (C=O) groups excluding carboxylic acids is 2. The summed E-state index contributed by atoms with van der Waals surface area (Å²) in [6.45, 7) is 1.05. The smallest absolute Gasteiger partial charge is 0.306 e.